The highest BCUT2D eigenvalue weighted by molar-refractivity contribution is 6.30. The topological polar surface area (TPSA) is 56.8 Å². The summed E-state index contributed by atoms with van der Waals surface area (Å²) >= 11 is 5.84. The Hall–Kier alpha value is -2.40. The van der Waals surface area contributed by atoms with E-state index in [-0.39, 0.29) is 12.7 Å². The van der Waals surface area contributed by atoms with Crippen molar-refractivity contribution in [3.63, 3.8) is 0 Å². The summed E-state index contributed by atoms with van der Waals surface area (Å²) in [5.41, 5.74) is 0.636. The van der Waals surface area contributed by atoms with Crippen LogP contribution in [-0.2, 0) is 4.79 Å². The summed E-state index contributed by atoms with van der Waals surface area (Å²) < 4.78 is 16.3. The van der Waals surface area contributed by atoms with Crippen LogP contribution in [0.2, 0.25) is 5.02 Å². The van der Waals surface area contributed by atoms with E-state index in [4.69, 9.17) is 25.8 Å². The highest BCUT2D eigenvalue weighted by Gasteiger charge is 2.20. The van der Waals surface area contributed by atoms with Gasteiger partial charge in [-0.3, -0.25) is 4.79 Å². The third kappa shape index (κ3) is 3.68. The van der Waals surface area contributed by atoms with Gasteiger partial charge in [0.1, 0.15) is 5.75 Å². The molecule has 0 radical (unpaired) electrons. The Bertz CT molecular complexity index is 702. The van der Waals surface area contributed by atoms with Gasteiger partial charge in [0.2, 0.25) is 6.79 Å². The number of carbonyl (C=O) groups excluding carboxylic acids is 1. The zero-order valence-corrected chi connectivity index (χ0v) is 13.3. The maximum atomic E-state index is 12.4. The molecule has 6 heteroatoms. The van der Waals surface area contributed by atoms with Gasteiger partial charge in [0, 0.05) is 16.8 Å². The van der Waals surface area contributed by atoms with Crippen LogP contribution in [-0.4, -0.2) is 18.8 Å². The number of fused-ring (bicyclic) bond motifs is 1. The van der Waals surface area contributed by atoms with Crippen molar-refractivity contribution in [1.29, 1.82) is 0 Å². The van der Waals surface area contributed by atoms with Gasteiger partial charge in [0.15, 0.2) is 17.6 Å². The fourth-order valence-electron chi connectivity index (χ4n) is 2.20. The second-order valence-electron chi connectivity index (χ2n) is 5.03. The molecule has 23 heavy (non-hydrogen) atoms. The number of anilines is 1. The standard InChI is InChI=1S/C17H16ClNO4/c1-2-14(23-13-6-3-11(18)4-7-13)17(20)19-12-5-8-15-16(9-12)22-10-21-15/h3-9,14H,2,10H2,1H3,(H,19,20). The molecule has 1 N–H and O–H groups in total. The minimum absolute atomic E-state index is 0.198. The summed E-state index contributed by atoms with van der Waals surface area (Å²) in [5, 5.41) is 3.45. The van der Waals surface area contributed by atoms with Crippen molar-refractivity contribution in [2.75, 3.05) is 12.1 Å². The molecule has 0 aliphatic carbocycles. The van der Waals surface area contributed by atoms with E-state index in [1.54, 1.807) is 42.5 Å². The summed E-state index contributed by atoms with van der Waals surface area (Å²) in [5.74, 6) is 1.67. The lowest BCUT2D eigenvalue weighted by atomic mass is 10.2. The lowest BCUT2D eigenvalue weighted by Gasteiger charge is -2.17. The number of nitrogens with one attached hydrogen (secondary N) is 1. The van der Waals surface area contributed by atoms with E-state index in [1.807, 2.05) is 6.92 Å². The maximum Gasteiger partial charge on any atom is 0.265 e. The molecule has 1 heterocycles. The smallest absolute Gasteiger partial charge is 0.265 e. The van der Waals surface area contributed by atoms with Crippen molar-refractivity contribution >= 4 is 23.2 Å². The first-order chi connectivity index (χ1) is 11.2. The Morgan fingerprint density at radius 3 is 2.70 bits per heavy atom. The number of benzene rings is 2. The molecular formula is C17H16ClNO4. The van der Waals surface area contributed by atoms with E-state index in [2.05, 4.69) is 5.32 Å². The Morgan fingerprint density at radius 2 is 1.96 bits per heavy atom. The molecule has 2 aromatic carbocycles. The van der Waals surface area contributed by atoms with Crippen molar-refractivity contribution < 1.29 is 19.0 Å². The number of hydrogen-bond acceptors (Lipinski definition) is 4. The third-order valence-electron chi connectivity index (χ3n) is 3.40. The van der Waals surface area contributed by atoms with Gasteiger partial charge >= 0.3 is 0 Å². The molecule has 3 rings (SSSR count). The van der Waals surface area contributed by atoms with Crippen LogP contribution >= 0.6 is 11.6 Å². The van der Waals surface area contributed by atoms with Gasteiger partial charge in [0.25, 0.3) is 5.91 Å². The molecule has 2 aromatic rings. The molecule has 0 spiro atoms. The average molecular weight is 334 g/mol. The lowest BCUT2D eigenvalue weighted by Crippen LogP contribution is -2.32. The zero-order chi connectivity index (χ0) is 16.2. The van der Waals surface area contributed by atoms with Crippen LogP contribution in [0.5, 0.6) is 17.2 Å². The summed E-state index contributed by atoms with van der Waals surface area (Å²) in [6, 6.07) is 12.2. The average Bonchev–Trinajstić information content (AvgIpc) is 3.02. The zero-order valence-electron chi connectivity index (χ0n) is 12.5. The van der Waals surface area contributed by atoms with Gasteiger partial charge in [-0.15, -0.1) is 0 Å². The first kappa shape index (κ1) is 15.5. The summed E-state index contributed by atoms with van der Waals surface area (Å²) in [4.78, 5) is 12.4. The van der Waals surface area contributed by atoms with E-state index in [1.165, 1.54) is 0 Å². The summed E-state index contributed by atoms with van der Waals surface area (Å²) in [7, 11) is 0. The molecule has 0 bridgehead atoms. The minimum Gasteiger partial charge on any atom is -0.481 e. The van der Waals surface area contributed by atoms with E-state index in [0.29, 0.717) is 34.4 Å². The summed E-state index contributed by atoms with van der Waals surface area (Å²) in [6.45, 7) is 2.09. The molecular weight excluding hydrogens is 318 g/mol. The molecule has 1 aliphatic rings. The number of halogens is 1. The van der Waals surface area contributed by atoms with Gasteiger partial charge in [0.05, 0.1) is 0 Å². The molecule has 0 saturated heterocycles. The van der Waals surface area contributed by atoms with Crippen molar-refractivity contribution in [3.05, 3.63) is 47.5 Å². The Balaban J connectivity index is 1.66. The second-order valence-corrected chi connectivity index (χ2v) is 5.46. The van der Waals surface area contributed by atoms with Crippen LogP contribution in [0.15, 0.2) is 42.5 Å². The first-order valence-electron chi connectivity index (χ1n) is 7.28. The largest absolute Gasteiger partial charge is 0.481 e. The molecule has 5 nitrogen and oxygen atoms in total. The van der Waals surface area contributed by atoms with Gasteiger partial charge in [-0.2, -0.15) is 0 Å². The van der Waals surface area contributed by atoms with Crippen molar-refractivity contribution in [2.45, 2.75) is 19.4 Å². The number of hydrogen-bond donors (Lipinski definition) is 1. The van der Waals surface area contributed by atoms with E-state index in [0.717, 1.165) is 0 Å². The second kappa shape index (κ2) is 6.79. The van der Waals surface area contributed by atoms with Crippen LogP contribution in [0.4, 0.5) is 5.69 Å². The fraction of sp³-hybridized carbons (Fsp3) is 0.235. The number of carbonyl (C=O) groups is 1. The molecule has 0 saturated carbocycles. The van der Waals surface area contributed by atoms with Crippen LogP contribution in [0, 0.1) is 0 Å². The highest BCUT2D eigenvalue weighted by atomic mass is 35.5. The highest BCUT2D eigenvalue weighted by Crippen LogP contribution is 2.34. The Kier molecular flexibility index (Phi) is 4.57. The van der Waals surface area contributed by atoms with E-state index >= 15 is 0 Å². The normalized spacial score (nSPS) is 13.5. The molecule has 1 amide bonds. The van der Waals surface area contributed by atoms with Gasteiger partial charge in [-0.1, -0.05) is 18.5 Å². The molecule has 1 aliphatic heterocycles. The Labute approximate surface area is 139 Å². The first-order valence-corrected chi connectivity index (χ1v) is 7.66. The van der Waals surface area contributed by atoms with Crippen LogP contribution in [0.3, 0.4) is 0 Å². The van der Waals surface area contributed by atoms with Gasteiger partial charge in [-0.05, 0) is 42.8 Å². The lowest BCUT2D eigenvalue weighted by molar-refractivity contribution is -0.122. The third-order valence-corrected chi connectivity index (χ3v) is 3.65. The quantitative estimate of drug-likeness (QED) is 0.902. The molecule has 1 atom stereocenters. The van der Waals surface area contributed by atoms with E-state index in [9.17, 15) is 4.79 Å². The number of amides is 1. The van der Waals surface area contributed by atoms with E-state index < -0.39 is 6.10 Å². The monoisotopic (exact) mass is 333 g/mol. The van der Waals surface area contributed by atoms with Crippen LogP contribution in [0.1, 0.15) is 13.3 Å². The van der Waals surface area contributed by atoms with Gasteiger partial charge < -0.3 is 19.5 Å². The minimum atomic E-state index is -0.596. The predicted octanol–water partition coefficient (Wildman–Crippen LogP) is 3.86. The van der Waals surface area contributed by atoms with Crippen molar-refractivity contribution in [1.82, 2.24) is 0 Å². The molecule has 0 fully saturated rings. The van der Waals surface area contributed by atoms with Crippen molar-refractivity contribution in [2.24, 2.45) is 0 Å². The number of ether oxygens (including phenoxy) is 3. The SMILES string of the molecule is CCC(Oc1ccc(Cl)cc1)C(=O)Nc1ccc2c(c1)OCO2. The fourth-order valence-corrected chi connectivity index (χ4v) is 2.32. The predicted molar refractivity (Wildman–Crippen MR) is 87.4 cm³/mol. The molecule has 120 valence electrons. The molecule has 0 aromatic heterocycles. The maximum absolute atomic E-state index is 12.4. The molecule has 1 unspecified atom stereocenters. The van der Waals surface area contributed by atoms with Gasteiger partial charge in [-0.25, -0.2) is 0 Å². The van der Waals surface area contributed by atoms with Crippen LogP contribution < -0.4 is 19.5 Å². The summed E-state index contributed by atoms with van der Waals surface area (Å²) in [6.07, 6.45) is -0.0551. The Morgan fingerprint density at radius 1 is 1.22 bits per heavy atom. The number of rotatable bonds is 5. The van der Waals surface area contributed by atoms with Crippen LogP contribution in [0.25, 0.3) is 0 Å². The van der Waals surface area contributed by atoms with Crippen molar-refractivity contribution in [3.8, 4) is 17.2 Å².